The van der Waals surface area contributed by atoms with E-state index >= 15 is 0 Å². The Labute approximate surface area is 314 Å². The van der Waals surface area contributed by atoms with Crippen LogP contribution in [0.4, 0.5) is 22.9 Å². The van der Waals surface area contributed by atoms with Crippen LogP contribution < -0.4 is 25.6 Å². The molecule has 2 saturated carbocycles. The summed E-state index contributed by atoms with van der Waals surface area (Å²) in [5.74, 6) is -0.391. The molecule has 1 atom stereocenters. The van der Waals surface area contributed by atoms with Gasteiger partial charge in [-0.3, -0.25) is 24.0 Å². The third-order valence-corrected chi connectivity index (χ3v) is 11.0. The third-order valence-electron chi connectivity index (χ3n) is 11.0. The number of nitrogens with one attached hydrogen (secondary N) is 3. The number of hydrogen-bond donors (Lipinski definition) is 3. The summed E-state index contributed by atoms with van der Waals surface area (Å²) in [6.07, 6.45) is 8.18. The van der Waals surface area contributed by atoms with Gasteiger partial charge in [0.2, 0.25) is 11.6 Å². The minimum Gasteiger partial charge on any atom is -0.618 e. The molecule has 1 unspecified atom stereocenters. The van der Waals surface area contributed by atoms with Gasteiger partial charge < -0.3 is 31.0 Å². The van der Waals surface area contributed by atoms with Crippen molar-refractivity contribution in [3.63, 3.8) is 0 Å². The highest BCUT2D eigenvalue weighted by Gasteiger charge is 2.37. The van der Waals surface area contributed by atoms with Gasteiger partial charge >= 0.3 is 5.91 Å². The van der Waals surface area contributed by atoms with Gasteiger partial charge in [-0.05, 0) is 57.1 Å². The highest BCUT2D eigenvalue weighted by Crippen LogP contribution is 2.50. The van der Waals surface area contributed by atoms with E-state index < -0.39 is 0 Å². The number of likely N-dealkylation sites (tertiary alicyclic amines) is 1. The van der Waals surface area contributed by atoms with Gasteiger partial charge in [-0.15, -0.1) is 10.2 Å². The van der Waals surface area contributed by atoms with Crippen molar-refractivity contribution < 1.29 is 19.1 Å². The fourth-order valence-corrected chi connectivity index (χ4v) is 7.76. The molecule has 0 bridgehead atoms. The van der Waals surface area contributed by atoms with Crippen LogP contribution in [0.3, 0.4) is 0 Å². The highest BCUT2D eigenvalue weighted by atomic mass is 16.5. The molecule has 54 heavy (non-hydrogen) atoms. The fourth-order valence-electron chi connectivity index (χ4n) is 7.76. The lowest BCUT2D eigenvalue weighted by Gasteiger charge is -2.39. The van der Waals surface area contributed by atoms with Crippen LogP contribution in [-0.4, -0.2) is 87.8 Å². The van der Waals surface area contributed by atoms with Crippen molar-refractivity contribution >= 4 is 40.6 Å². The smallest absolute Gasteiger partial charge is 0.319 e. The monoisotopic (exact) mass is 733 g/mol. The van der Waals surface area contributed by atoms with Crippen LogP contribution in [0.15, 0.2) is 48.7 Å². The van der Waals surface area contributed by atoms with Gasteiger partial charge in [-0.2, -0.15) is 9.83 Å². The van der Waals surface area contributed by atoms with Gasteiger partial charge in [0.1, 0.15) is 0 Å². The van der Waals surface area contributed by atoms with E-state index in [1.165, 1.54) is 10.6 Å². The number of aromatic nitrogens is 5. The maximum atomic E-state index is 13.3. The van der Waals surface area contributed by atoms with Crippen molar-refractivity contribution in [3.8, 4) is 11.1 Å². The molecule has 15 heteroatoms. The molecule has 3 N–H and O–H groups in total. The third kappa shape index (κ3) is 6.83. The first kappa shape index (κ1) is 35.5. The molecule has 15 nitrogen and oxygen atoms in total. The molecule has 8 rings (SSSR count). The molecule has 3 amide bonds. The fraction of sp³-hybridized carbons (Fsp3) is 0.462. The van der Waals surface area contributed by atoms with Gasteiger partial charge in [0.15, 0.2) is 11.5 Å². The SMILES string of the molecule is CCC1c2c(cnn2C2CCN(Cc3cccc(C(=O)N(C)C)[n+]3[O-])CC2)-c2cccc(Nc3cc(NC(=O)C4CC4)nnc3C(=O)NC3CC3)c2N1C. The van der Waals surface area contributed by atoms with Crippen LogP contribution in [0.2, 0.25) is 0 Å². The normalized spacial score (nSPS) is 18.4. The maximum Gasteiger partial charge on any atom is 0.319 e. The van der Waals surface area contributed by atoms with Crippen molar-refractivity contribution in [2.24, 2.45) is 5.92 Å². The van der Waals surface area contributed by atoms with Crippen molar-refractivity contribution in [3.05, 3.63) is 76.6 Å². The Morgan fingerprint density at radius 2 is 1.72 bits per heavy atom. The van der Waals surface area contributed by atoms with Crippen molar-refractivity contribution in [2.45, 2.75) is 76.5 Å². The summed E-state index contributed by atoms with van der Waals surface area (Å²) in [4.78, 5) is 44.4. The van der Waals surface area contributed by atoms with E-state index in [0.29, 0.717) is 23.7 Å². The number of piperidine rings is 1. The number of carbonyl (C=O) groups excluding carboxylic acids is 3. The number of hydrogen-bond acceptors (Lipinski definition) is 10. The van der Waals surface area contributed by atoms with Gasteiger partial charge in [-0.25, -0.2) is 0 Å². The van der Waals surface area contributed by atoms with Crippen LogP contribution in [-0.2, 0) is 11.3 Å². The number of carbonyl (C=O) groups is 3. The molecule has 282 valence electrons. The Morgan fingerprint density at radius 1 is 0.963 bits per heavy atom. The predicted molar refractivity (Wildman–Crippen MR) is 203 cm³/mol. The van der Waals surface area contributed by atoms with Gasteiger partial charge in [-0.1, -0.05) is 19.1 Å². The lowest BCUT2D eigenvalue weighted by Crippen LogP contribution is -2.45. The molecule has 3 aromatic heterocycles. The molecule has 4 aliphatic rings. The second-order valence-corrected chi connectivity index (χ2v) is 15.2. The van der Waals surface area contributed by atoms with E-state index in [9.17, 15) is 19.6 Å². The van der Waals surface area contributed by atoms with Gasteiger partial charge in [0.25, 0.3) is 11.6 Å². The number of anilines is 4. The van der Waals surface area contributed by atoms with Crippen LogP contribution in [0.5, 0.6) is 0 Å². The van der Waals surface area contributed by atoms with Crippen LogP contribution in [0.25, 0.3) is 11.1 Å². The first-order valence-electron chi connectivity index (χ1n) is 19.0. The Hall–Kier alpha value is -5.57. The first-order chi connectivity index (χ1) is 26.1. The minimum absolute atomic E-state index is 0.000432. The molecule has 4 aromatic rings. The van der Waals surface area contributed by atoms with Gasteiger partial charge in [0.05, 0.1) is 47.6 Å². The summed E-state index contributed by atoms with van der Waals surface area (Å²) < 4.78 is 2.98. The summed E-state index contributed by atoms with van der Waals surface area (Å²) in [5.41, 5.74) is 6.41. The second-order valence-electron chi connectivity index (χ2n) is 15.2. The van der Waals surface area contributed by atoms with Gasteiger partial charge in [0, 0.05) is 75.5 Å². The number of fused-ring (bicyclic) bond motifs is 3. The topological polar surface area (TPSA) is 168 Å². The zero-order valence-electron chi connectivity index (χ0n) is 31.2. The Bertz CT molecular complexity index is 2100. The lowest BCUT2D eigenvalue weighted by molar-refractivity contribution is -0.617. The molecular formula is C39H47N11O4. The molecule has 3 fully saturated rings. The number of amides is 3. The van der Waals surface area contributed by atoms with Crippen LogP contribution in [0.1, 0.15) is 96.3 Å². The van der Waals surface area contributed by atoms with Crippen LogP contribution in [0, 0.1) is 11.1 Å². The predicted octanol–water partition coefficient (Wildman–Crippen LogP) is 4.40. The highest BCUT2D eigenvalue weighted by molar-refractivity contribution is 6.01. The van der Waals surface area contributed by atoms with E-state index in [-0.39, 0.29) is 53.2 Å². The Kier molecular flexibility index (Phi) is 9.42. The average molecular weight is 734 g/mol. The number of pyridine rings is 1. The number of para-hydroxylation sites is 1. The molecule has 5 heterocycles. The average Bonchev–Trinajstić information content (AvgIpc) is 4.11. The second kappa shape index (κ2) is 14.3. The van der Waals surface area contributed by atoms with Crippen molar-refractivity contribution in [1.82, 2.24) is 35.1 Å². The summed E-state index contributed by atoms with van der Waals surface area (Å²) in [6, 6.07) is 13.3. The quantitative estimate of drug-likeness (QED) is 0.149. The summed E-state index contributed by atoms with van der Waals surface area (Å²) in [6.45, 7) is 4.24. The number of nitrogens with zero attached hydrogens (tertiary/aromatic N) is 8. The van der Waals surface area contributed by atoms with E-state index in [4.69, 9.17) is 5.10 Å². The molecule has 0 spiro atoms. The molecule has 2 aliphatic carbocycles. The zero-order valence-corrected chi connectivity index (χ0v) is 31.2. The Balaban J connectivity index is 1.04. The van der Waals surface area contributed by atoms with Crippen molar-refractivity contribution in [1.29, 1.82) is 0 Å². The molecule has 2 aliphatic heterocycles. The lowest BCUT2D eigenvalue weighted by atomic mass is 9.91. The summed E-state index contributed by atoms with van der Waals surface area (Å²) in [7, 11) is 5.39. The molecule has 1 saturated heterocycles. The summed E-state index contributed by atoms with van der Waals surface area (Å²) in [5, 5.41) is 36.0. The zero-order chi connectivity index (χ0) is 37.7. The molecular weight excluding hydrogens is 687 g/mol. The van der Waals surface area contributed by atoms with E-state index in [1.54, 1.807) is 38.4 Å². The van der Waals surface area contributed by atoms with Crippen LogP contribution >= 0.6 is 0 Å². The first-order valence-corrected chi connectivity index (χ1v) is 19.0. The maximum absolute atomic E-state index is 13.3. The standard InChI is InChI=1S/C39H47N11O4/c1-5-31-36-28(21-40-49(36)25-16-18-48(19-17-25)22-26-8-6-11-32(50(26)54)39(53)46(2)3)27-9-7-10-29(35(27)47(31)4)42-30-20-33(43-37(51)23-12-13-23)44-45-34(30)38(52)41-24-14-15-24/h6-11,20-21,23-25,31H,5,12-19,22H2,1-4H3,(H,41,52)(H2,42,43,44,51). The van der Waals surface area contributed by atoms with E-state index in [0.717, 1.165) is 85.3 Å². The van der Waals surface area contributed by atoms with Crippen molar-refractivity contribution in [2.75, 3.05) is 49.8 Å². The largest absolute Gasteiger partial charge is 0.618 e. The molecule has 0 radical (unpaired) electrons. The number of benzene rings is 1. The molecule has 1 aromatic carbocycles. The number of rotatable bonds is 11. The van der Waals surface area contributed by atoms with E-state index in [1.807, 2.05) is 18.3 Å². The Morgan fingerprint density at radius 3 is 2.43 bits per heavy atom. The van der Waals surface area contributed by atoms with E-state index in [2.05, 4.69) is 60.7 Å². The summed E-state index contributed by atoms with van der Waals surface area (Å²) >= 11 is 0. The minimum atomic E-state index is -0.312.